The Kier molecular flexibility index (Phi) is 6.90. The van der Waals surface area contributed by atoms with Crippen LogP contribution in [0.2, 0.25) is 0 Å². The van der Waals surface area contributed by atoms with Crippen molar-refractivity contribution >= 4 is 11.8 Å². The summed E-state index contributed by atoms with van der Waals surface area (Å²) in [6.07, 6.45) is 9.09. The summed E-state index contributed by atoms with van der Waals surface area (Å²) in [5.41, 5.74) is 0. The van der Waals surface area contributed by atoms with Crippen LogP contribution in [0.4, 0.5) is 0 Å². The highest BCUT2D eigenvalue weighted by atomic mass is 32.2. The summed E-state index contributed by atoms with van der Waals surface area (Å²) in [5, 5.41) is 12.5. The smallest absolute Gasteiger partial charge is 0.127 e. The van der Waals surface area contributed by atoms with Gasteiger partial charge in [0.25, 0.3) is 0 Å². The molecule has 0 aromatic heterocycles. The lowest BCUT2D eigenvalue weighted by Gasteiger charge is -2.19. The van der Waals surface area contributed by atoms with Gasteiger partial charge < -0.3 is 9.84 Å². The Hall–Kier alpha value is -1.19. The Morgan fingerprint density at radius 3 is 2.81 bits per heavy atom. The van der Waals surface area contributed by atoms with Crippen molar-refractivity contribution in [1.82, 2.24) is 0 Å². The minimum atomic E-state index is -0.213. The molecule has 0 radical (unpaired) electrons. The molecule has 2 nitrogen and oxygen atoms in total. The van der Waals surface area contributed by atoms with Gasteiger partial charge in [-0.05, 0) is 42.5 Å². The number of allylic oxidation sites excluding steroid dienone is 1. The molecule has 2 rings (SSSR count). The third-order valence-corrected chi connectivity index (χ3v) is 4.43. The Labute approximate surface area is 131 Å². The Morgan fingerprint density at radius 2 is 2.05 bits per heavy atom. The average molecular weight is 304 g/mol. The van der Waals surface area contributed by atoms with Crippen LogP contribution < -0.4 is 4.74 Å². The third kappa shape index (κ3) is 5.98. The minimum Gasteiger partial charge on any atom is -0.458 e. The summed E-state index contributed by atoms with van der Waals surface area (Å²) in [7, 11) is 0. The van der Waals surface area contributed by atoms with Gasteiger partial charge in [0.1, 0.15) is 11.5 Å². The van der Waals surface area contributed by atoms with Crippen LogP contribution in [0.1, 0.15) is 39.0 Å². The van der Waals surface area contributed by atoms with Crippen LogP contribution in [-0.4, -0.2) is 16.5 Å². The molecule has 1 N–H and O–H groups in total. The second-order valence-electron chi connectivity index (χ2n) is 5.35. The molecule has 0 saturated carbocycles. The molecule has 1 aromatic rings. The van der Waals surface area contributed by atoms with Crippen molar-refractivity contribution in [3.8, 4) is 5.75 Å². The largest absolute Gasteiger partial charge is 0.458 e. The van der Waals surface area contributed by atoms with Crippen LogP contribution in [0.3, 0.4) is 0 Å². The first-order valence-corrected chi connectivity index (χ1v) is 8.67. The van der Waals surface area contributed by atoms with Gasteiger partial charge in [-0.25, -0.2) is 0 Å². The topological polar surface area (TPSA) is 29.5 Å². The van der Waals surface area contributed by atoms with Crippen molar-refractivity contribution in [3.63, 3.8) is 0 Å². The maximum Gasteiger partial charge on any atom is 0.127 e. The van der Waals surface area contributed by atoms with Crippen LogP contribution >= 0.6 is 11.8 Å². The third-order valence-electron chi connectivity index (χ3n) is 3.46. The molecule has 0 aliphatic carbocycles. The second kappa shape index (κ2) is 8.96. The standard InChI is InChI=1S/C18H24O2S/c1-2-3-5-8-15(19)13-18-14-17(11-12-21-18)20-16-9-6-4-7-10-16/h4,6-7,9-12,14-15,18-19H,2-3,5,8,13H2,1H3. The van der Waals surface area contributed by atoms with E-state index in [0.29, 0.717) is 5.25 Å². The Morgan fingerprint density at radius 1 is 1.24 bits per heavy atom. The van der Waals surface area contributed by atoms with Gasteiger partial charge in [0.05, 0.1) is 6.10 Å². The van der Waals surface area contributed by atoms with E-state index in [1.807, 2.05) is 36.4 Å². The van der Waals surface area contributed by atoms with Crippen LogP contribution in [0.5, 0.6) is 5.75 Å². The van der Waals surface area contributed by atoms with Crippen molar-refractivity contribution in [3.05, 3.63) is 53.7 Å². The monoisotopic (exact) mass is 304 g/mol. The van der Waals surface area contributed by atoms with E-state index in [1.165, 1.54) is 12.8 Å². The normalized spacial score (nSPS) is 19.1. The summed E-state index contributed by atoms with van der Waals surface area (Å²) in [4.78, 5) is 0. The molecule has 21 heavy (non-hydrogen) atoms. The van der Waals surface area contributed by atoms with E-state index in [0.717, 1.165) is 30.8 Å². The van der Waals surface area contributed by atoms with Gasteiger partial charge >= 0.3 is 0 Å². The van der Waals surface area contributed by atoms with Gasteiger partial charge in [0, 0.05) is 5.25 Å². The molecule has 3 heteroatoms. The number of thioether (sulfide) groups is 1. The highest BCUT2D eigenvalue weighted by molar-refractivity contribution is 8.02. The summed E-state index contributed by atoms with van der Waals surface area (Å²) < 4.78 is 5.84. The van der Waals surface area contributed by atoms with Gasteiger partial charge in [-0.15, -0.1) is 11.8 Å². The van der Waals surface area contributed by atoms with Gasteiger partial charge in [0.2, 0.25) is 0 Å². The van der Waals surface area contributed by atoms with E-state index in [9.17, 15) is 5.11 Å². The van der Waals surface area contributed by atoms with Crippen molar-refractivity contribution < 1.29 is 9.84 Å². The lowest BCUT2D eigenvalue weighted by atomic mass is 10.1. The van der Waals surface area contributed by atoms with E-state index >= 15 is 0 Å². The molecule has 1 heterocycles. The minimum absolute atomic E-state index is 0.213. The van der Waals surface area contributed by atoms with Crippen LogP contribution in [0.15, 0.2) is 53.7 Å². The number of hydrogen-bond donors (Lipinski definition) is 1. The zero-order chi connectivity index (χ0) is 14.9. The van der Waals surface area contributed by atoms with E-state index < -0.39 is 0 Å². The summed E-state index contributed by atoms with van der Waals surface area (Å²) in [5.74, 6) is 1.72. The van der Waals surface area contributed by atoms with Crippen molar-refractivity contribution in [2.75, 3.05) is 0 Å². The van der Waals surface area contributed by atoms with Crippen molar-refractivity contribution in [1.29, 1.82) is 0 Å². The molecule has 0 spiro atoms. The number of rotatable bonds is 8. The zero-order valence-corrected chi connectivity index (χ0v) is 13.4. The van der Waals surface area contributed by atoms with Crippen LogP contribution in [-0.2, 0) is 0 Å². The molecule has 0 fully saturated rings. The van der Waals surface area contributed by atoms with Gasteiger partial charge in [-0.1, -0.05) is 44.4 Å². The Bertz CT molecular complexity index is 467. The lowest BCUT2D eigenvalue weighted by Crippen LogP contribution is -2.15. The first-order valence-electron chi connectivity index (χ1n) is 7.72. The van der Waals surface area contributed by atoms with E-state index in [1.54, 1.807) is 11.8 Å². The summed E-state index contributed by atoms with van der Waals surface area (Å²) >= 11 is 1.75. The zero-order valence-electron chi connectivity index (χ0n) is 12.6. The van der Waals surface area contributed by atoms with Crippen LogP contribution in [0.25, 0.3) is 0 Å². The number of para-hydroxylation sites is 1. The number of benzene rings is 1. The SMILES string of the molecule is CCCCCC(O)CC1C=C(Oc2ccccc2)C=CS1. The molecular formula is C18H24O2S. The molecular weight excluding hydrogens is 280 g/mol. The van der Waals surface area contributed by atoms with E-state index in [2.05, 4.69) is 18.4 Å². The van der Waals surface area contributed by atoms with Crippen LogP contribution in [0, 0.1) is 0 Å². The fraction of sp³-hybridized carbons (Fsp3) is 0.444. The highest BCUT2D eigenvalue weighted by Crippen LogP contribution is 2.28. The highest BCUT2D eigenvalue weighted by Gasteiger charge is 2.16. The van der Waals surface area contributed by atoms with E-state index in [-0.39, 0.29) is 6.10 Å². The number of aliphatic hydroxyl groups excluding tert-OH is 1. The van der Waals surface area contributed by atoms with Crippen molar-refractivity contribution in [2.24, 2.45) is 0 Å². The number of ether oxygens (including phenoxy) is 1. The molecule has 114 valence electrons. The Balaban J connectivity index is 1.83. The second-order valence-corrected chi connectivity index (χ2v) is 6.50. The van der Waals surface area contributed by atoms with Gasteiger partial charge in [-0.3, -0.25) is 0 Å². The molecule has 0 saturated heterocycles. The lowest BCUT2D eigenvalue weighted by molar-refractivity contribution is 0.153. The molecule has 1 aliphatic heterocycles. The first kappa shape index (κ1) is 16.2. The summed E-state index contributed by atoms with van der Waals surface area (Å²) in [6, 6.07) is 9.80. The predicted molar refractivity (Wildman–Crippen MR) is 90.4 cm³/mol. The molecule has 0 bridgehead atoms. The first-order chi connectivity index (χ1) is 10.3. The maximum atomic E-state index is 10.1. The summed E-state index contributed by atoms with van der Waals surface area (Å²) in [6.45, 7) is 2.18. The van der Waals surface area contributed by atoms with Gasteiger partial charge in [-0.2, -0.15) is 0 Å². The maximum absolute atomic E-state index is 10.1. The van der Waals surface area contributed by atoms with Gasteiger partial charge in [0.15, 0.2) is 0 Å². The molecule has 2 atom stereocenters. The molecule has 1 aliphatic rings. The van der Waals surface area contributed by atoms with Crippen molar-refractivity contribution in [2.45, 2.75) is 50.4 Å². The quantitative estimate of drug-likeness (QED) is 0.692. The number of hydrogen-bond acceptors (Lipinski definition) is 3. The average Bonchev–Trinajstić information content (AvgIpc) is 2.49. The molecule has 0 amide bonds. The number of aliphatic hydroxyl groups is 1. The fourth-order valence-corrected chi connectivity index (χ4v) is 3.28. The predicted octanol–water partition coefficient (Wildman–Crippen LogP) is 4.91. The molecule has 2 unspecified atom stereocenters. The molecule has 1 aromatic carbocycles. The fourth-order valence-electron chi connectivity index (χ4n) is 2.32. The number of unbranched alkanes of at least 4 members (excludes halogenated alkanes) is 2. The van der Waals surface area contributed by atoms with E-state index in [4.69, 9.17) is 4.74 Å².